The first-order valence-corrected chi connectivity index (χ1v) is 5.68. The lowest BCUT2D eigenvalue weighted by Crippen LogP contribution is -1.84. The second-order valence-electron chi connectivity index (χ2n) is 3.50. The number of aryl methyl sites for hydroxylation is 1. The Hall–Kier alpha value is -1.60. The van der Waals surface area contributed by atoms with Crippen LogP contribution >= 0.6 is 15.9 Å². The van der Waals surface area contributed by atoms with Crippen molar-refractivity contribution in [1.29, 1.82) is 5.26 Å². The molecule has 4 heteroatoms. The highest BCUT2D eigenvalue weighted by molar-refractivity contribution is 9.10. The van der Waals surface area contributed by atoms with Crippen molar-refractivity contribution in [3.05, 3.63) is 40.1 Å². The molecular weight excluding hydrogens is 266 g/mol. The van der Waals surface area contributed by atoms with Gasteiger partial charge < -0.3 is 4.98 Å². The summed E-state index contributed by atoms with van der Waals surface area (Å²) in [5.74, 6) is 0.815. The maximum atomic E-state index is 8.65. The fraction of sp³-hybridized carbons (Fsp3) is 0.167. The zero-order valence-electron chi connectivity index (χ0n) is 8.79. The van der Waals surface area contributed by atoms with Crippen LogP contribution in [0.25, 0.3) is 11.4 Å². The van der Waals surface area contributed by atoms with Crippen molar-refractivity contribution in [2.75, 3.05) is 0 Å². The number of imidazole rings is 1. The zero-order chi connectivity index (χ0) is 11.5. The molecule has 1 N–H and O–H groups in total. The van der Waals surface area contributed by atoms with E-state index in [4.69, 9.17) is 5.26 Å². The third kappa shape index (κ3) is 2.15. The summed E-state index contributed by atoms with van der Waals surface area (Å²) < 4.78 is 1.04. The van der Waals surface area contributed by atoms with Crippen LogP contribution in [-0.4, -0.2) is 9.97 Å². The van der Waals surface area contributed by atoms with Crippen LogP contribution in [-0.2, 0) is 6.42 Å². The summed E-state index contributed by atoms with van der Waals surface area (Å²) in [5.41, 5.74) is 2.80. The van der Waals surface area contributed by atoms with E-state index in [2.05, 4.69) is 32.0 Å². The lowest BCUT2D eigenvalue weighted by molar-refractivity contribution is 1.12. The van der Waals surface area contributed by atoms with Gasteiger partial charge in [-0.25, -0.2) is 4.98 Å². The molecule has 2 aromatic rings. The normalized spacial score (nSPS) is 10.1. The van der Waals surface area contributed by atoms with Crippen molar-refractivity contribution in [2.24, 2.45) is 0 Å². The molecule has 80 valence electrons. The van der Waals surface area contributed by atoms with Crippen molar-refractivity contribution in [1.82, 2.24) is 9.97 Å². The minimum atomic E-state index is 0.346. The van der Waals surface area contributed by atoms with Crippen LogP contribution in [0.15, 0.2) is 28.7 Å². The number of H-pyrrole nitrogens is 1. The number of aromatic amines is 1. The number of nitriles is 1. The largest absolute Gasteiger partial charge is 0.342 e. The van der Waals surface area contributed by atoms with Crippen LogP contribution in [0.1, 0.15) is 11.4 Å². The molecule has 1 heterocycles. The van der Waals surface area contributed by atoms with E-state index in [0.717, 1.165) is 27.2 Å². The van der Waals surface area contributed by atoms with Gasteiger partial charge in [0.15, 0.2) is 0 Å². The van der Waals surface area contributed by atoms with Crippen LogP contribution in [0.3, 0.4) is 0 Å². The summed E-state index contributed by atoms with van der Waals surface area (Å²) in [7, 11) is 0. The van der Waals surface area contributed by atoms with Gasteiger partial charge in [0.1, 0.15) is 5.82 Å². The summed E-state index contributed by atoms with van der Waals surface area (Å²) in [6.45, 7) is 1.93. The van der Waals surface area contributed by atoms with Crippen molar-refractivity contribution in [2.45, 2.75) is 13.3 Å². The predicted molar refractivity (Wildman–Crippen MR) is 65.8 cm³/mol. The summed E-state index contributed by atoms with van der Waals surface area (Å²) in [4.78, 5) is 7.59. The molecule has 16 heavy (non-hydrogen) atoms. The third-order valence-electron chi connectivity index (χ3n) is 2.35. The van der Waals surface area contributed by atoms with Gasteiger partial charge in [-0.1, -0.05) is 28.1 Å². The number of rotatable bonds is 2. The highest BCUT2D eigenvalue weighted by Gasteiger charge is 2.07. The van der Waals surface area contributed by atoms with Crippen LogP contribution in [0.5, 0.6) is 0 Å². The minimum absolute atomic E-state index is 0.346. The Morgan fingerprint density at radius 1 is 1.38 bits per heavy atom. The number of nitrogens with one attached hydrogen (secondary N) is 1. The van der Waals surface area contributed by atoms with Gasteiger partial charge in [-0.15, -0.1) is 0 Å². The van der Waals surface area contributed by atoms with Crippen molar-refractivity contribution in [3.8, 4) is 17.5 Å². The molecule has 0 bridgehead atoms. The van der Waals surface area contributed by atoms with Crippen molar-refractivity contribution in [3.63, 3.8) is 0 Å². The molecule has 0 spiro atoms. The van der Waals surface area contributed by atoms with Crippen molar-refractivity contribution < 1.29 is 0 Å². The van der Waals surface area contributed by atoms with Crippen LogP contribution < -0.4 is 0 Å². The topological polar surface area (TPSA) is 52.5 Å². The highest BCUT2D eigenvalue weighted by atomic mass is 79.9. The number of hydrogen-bond acceptors (Lipinski definition) is 2. The summed E-state index contributed by atoms with van der Waals surface area (Å²) in [6.07, 6.45) is 0.346. The lowest BCUT2D eigenvalue weighted by atomic mass is 10.2. The van der Waals surface area contributed by atoms with Crippen molar-refractivity contribution >= 4 is 15.9 Å². The van der Waals surface area contributed by atoms with E-state index >= 15 is 0 Å². The first kappa shape index (κ1) is 10.9. The van der Waals surface area contributed by atoms with Gasteiger partial charge in [-0.2, -0.15) is 5.26 Å². The van der Waals surface area contributed by atoms with Crippen LogP contribution in [0, 0.1) is 18.3 Å². The van der Waals surface area contributed by atoms with Gasteiger partial charge in [0, 0.05) is 15.7 Å². The van der Waals surface area contributed by atoms with Gasteiger partial charge in [0.05, 0.1) is 18.2 Å². The molecule has 2 rings (SSSR count). The Balaban J connectivity index is 2.38. The molecule has 0 saturated heterocycles. The van der Waals surface area contributed by atoms with Gasteiger partial charge in [0.2, 0.25) is 0 Å². The lowest BCUT2D eigenvalue weighted by Gasteiger charge is -1.96. The molecule has 1 aromatic heterocycles. The van der Waals surface area contributed by atoms with E-state index in [1.807, 2.05) is 31.2 Å². The van der Waals surface area contributed by atoms with Gasteiger partial charge in [-0.3, -0.25) is 0 Å². The SMILES string of the molecule is Cc1[nH]c(-c2ccc(Br)cc2)nc1CC#N. The average molecular weight is 276 g/mol. The van der Waals surface area contributed by atoms with E-state index in [1.165, 1.54) is 0 Å². The molecule has 0 aliphatic carbocycles. The molecule has 0 aliphatic rings. The number of hydrogen-bond donors (Lipinski definition) is 1. The number of halogens is 1. The Morgan fingerprint density at radius 2 is 2.06 bits per heavy atom. The van der Waals surface area contributed by atoms with Crippen LogP contribution in [0.4, 0.5) is 0 Å². The fourth-order valence-electron chi connectivity index (χ4n) is 1.49. The second kappa shape index (κ2) is 4.50. The Labute approximate surface area is 102 Å². The molecule has 3 nitrogen and oxygen atoms in total. The first-order valence-electron chi connectivity index (χ1n) is 4.89. The monoisotopic (exact) mass is 275 g/mol. The highest BCUT2D eigenvalue weighted by Crippen LogP contribution is 2.20. The molecule has 0 radical (unpaired) electrons. The summed E-state index contributed by atoms with van der Waals surface area (Å²) in [6, 6.07) is 10.0. The molecule has 1 aromatic carbocycles. The number of aromatic nitrogens is 2. The quantitative estimate of drug-likeness (QED) is 0.915. The van der Waals surface area contributed by atoms with Crippen LogP contribution in [0.2, 0.25) is 0 Å². The van der Waals surface area contributed by atoms with Gasteiger partial charge >= 0.3 is 0 Å². The summed E-state index contributed by atoms with van der Waals surface area (Å²) >= 11 is 3.39. The van der Waals surface area contributed by atoms with E-state index < -0.39 is 0 Å². The summed E-state index contributed by atoms with van der Waals surface area (Å²) in [5, 5.41) is 8.65. The Morgan fingerprint density at radius 3 is 2.69 bits per heavy atom. The zero-order valence-corrected chi connectivity index (χ0v) is 10.4. The number of benzene rings is 1. The molecule has 0 amide bonds. The maximum Gasteiger partial charge on any atom is 0.137 e. The smallest absolute Gasteiger partial charge is 0.137 e. The van der Waals surface area contributed by atoms with Gasteiger partial charge in [0.25, 0.3) is 0 Å². The molecule has 0 saturated carbocycles. The maximum absolute atomic E-state index is 8.65. The van der Waals surface area contributed by atoms with Gasteiger partial charge in [-0.05, 0) is 19.1 Å². The van der Waals surface area contributed by atoms with E-state index in [9.17, 15) is 0 Å². The fourth-order valence-corrected chi connectivity index (χ4v) is 1.75. The number of nitrogens with zero attached hydrogens (tertiary/aromatic N) is 2. The predicted octanol–water partition coefficient (Wildman–Crippen LogP) is 3.21. The second-order valence-corrected chi connectivity index (χ2v) is 4.41. The first-order chi connectivity index (χ1) is 7.70. The Bertz CT molecular complexity index is 534. The average Bonchev–Trinajstić information content (AvgIpc) is 2.62. The molecular formula is C12H10BrN3. The molecule has 0 aliphatic heterocycles. The standard InChI is InChI=1S/C12H10BrN3/c1-8-11(6-7-14)16-12(15-8)9-2-4-10(13)5-3-9/h2-5H,6H2,1H3,(H,15,16). The van der Waals surface area contributed by atoms with E-state index in [1.54, 1.807) is 0 Å². The van der Waals surface area contributed by atoms with E-state index in [-0.39, 0.29) is 0 Å². The minimum Gasteiger partial charge on any atom is -0.342 e. The molecule has 0 unspecified atom stereocenters. The molecule has 0 fully saturated rings. The Kier molecular flexibility index (Phi) is 3.07. The molecule has 0 atom stereocenters. The van der Waals surface area contributed by atoms with E-state index in [0.29, 0.717) is 6.42 Å². The third-order valence-corrected chi connectivity index (χ3v) is 2.88.